The Bertz CT molecular complexity index is 1140. The number of alkyl halides is 3. The first-order valence-electron chi connectivity index (χ1n) is 8.79. The Morgan fingerprint density at radius 3 is 2.40 bits per heavy atom. The molecule has 0 bridgehead atoms. The predicted octanol–water partition coefficient (Wildman–Crippen LogP) is 5.49. The summed E-state index contributed by atoms with van der Waals surface area (Å²) in [6, 6.07) is 13.9. The van der Waals surface area contributed by atoms with Crippen molar-refractivity contribution in [1.29, 1.82) is 0 Å². The molecule has 0 unspecified atom stereocenters. The van der Waals surface area contributed by atoms with Gasteiger partial charge < -0.3 is 10.1 Å². The normalized spacial score (nSPS) is 11.2. The molecule has 150 valence electrons. The van der Waals surface area contributed by atoms with Gasteiger partial charge in [0.05, 0.1) is 16.8 Å². The SMILES string of the molecule is FC(F)(F)c1ccnc(Nc2ccc(Oc3ncccc3-c3ccncn3)cc2)c1. The molecule has 0 aliphatic carbocycles. The van der Waals surface area contributed by atoms with Gasteiger partial charge in [-0.25, -0.2) is 19.9 Å². The van der Waals surface area contributed by atoms with Gasteiger partial charge in [0.25, 0.3) is 0 Å². The minimum absolute atomic E-state index is 0.0919. The van der Waals surface area contributed by atoms with E-state index in [1.807, 2.05) is 6.07 Å². The summed E-state index contributed by atoms with van der Waals surface area (Å²) in [5.41, 5.74) is 1.16. The average Bonchev–Trinajstić information content (AvgIpc) is 2.76. The molecule has 0 atom stereocenters. The van der Waals surface area contributed by atoms with Crippen LogP contribution in [0.5, 0.6) is 11.6 Å². The van der Waals surface area contributed by atoms with Crippen LogP contribution in [-0.2, 0) is 6.18 Å². The Morgan fingerprint density at radius 2 is 1.67 bits per heavy atom. The quantitative estimate of drug-likeness (QED) is 0.470. The van der Waals surface area contributed by atoms with Crippen LogP contribution in [0.1, 0.15) is 5.56 Å². The number of aromatic nitrogens is 4. The number of hydrogen-bond acceptors (Lipinski definition) is 6. The molecule has 0 spiro atoms. The lowest BCUT2D eigenvalue weighted by atomic mass is 10.2. The second-order valence-corrected chi connectivity index (χ2v) is 6.13. The fourth-order valence-corrected chi connectivity index (χ4v) is 2.66. The molecule has 0 aliphatic heterocycles. The highest BCUT2D eigenvalue weighted by Gasteiger charge is 2.30. The molecule has 4 rings (SSSR count). The van der Waals surface area contributed by atoms with Gasteiger partial charge in [0, 0.05) is 24.3 Å². The molecule has 0 aliphatic rings. The van der Waals surface area contributed by atoms with Crippen LogP contribution in [-0.4, -0.2) is 19.9 Å². The maximum Gasteiger partial charge on any atom is 0.416 e. The van der Waals surface area contributed by atoms with Crippen molar-refractivity contribution >= 4 is 11.5 Å². The number of nitrogens with zero attached hydrogens (tertiary/aromatic N) is 4. The molecule has 0 saturated heterocycles. The molecule has 0 amide bonds. The van der Waals surface area contributed by atoms with E-state index >= 15 is 0 Å². The van der Waals surface area contributed by atoms with E-state index in [1.165, 1.54) is 6.33 Å². The van der Waals surface area contributed by atoms with Crippen molar-refractivity contribution in [3.8, 4) is 22.9 Å². The molecule has 9 heteroatoms. The Labute approximate surface area is 169 Å². The van der Waals surface area contributed by atoms with Crippen LogP contribution in [0.2, 0.25) is 0 Å². The summed E-state index contributed by atoms with van der Waals surface area (Å²) in [6.07, 6.45) is 1.35. The minimum atomic E-state index is -4.43. The Balaban J connectivity index is 1.51. The van der Waals surface area contributed by atoms with Crippen LogP contribution < -0.4 is 10.1 Å². The first kappa shape index (κ1) is 19.3. The molecule has 0 radical (unpaired) electrons. The van der Waals surface area contributed by atoms with E-state index < -0.39 is 11.7 Å². The average molecular weight is 409 g/mol. The monoisotopic (exact) mass is 409 g/mol. The molecule has 3 heterocycles. The van der Waals surface area contributed by atoms with E-state index in [9.17, 15) is 13.2 Å². The molecule has 1 aromatic carbocycles. The number of nitrogens with one attached hydrogen (secondary N) is 1. The summed E-state index contributed by atoms with van der Waals surface area (Å²) in [7, 11) is 0. The highest BCUT2D eigenvalue weighted by molar-refractivity contribution is 5.65. The van der Waals surface area contributed by atoms with E-state index in [-0.39, 0.29) is 5.82 Å². The van der Waals surface area contributed by atoms with Gasteiger partial charge in [-0.05, 0) is 54.6 Å². The van der Waals surface area contributed by atoms with E-state index in [2.05, 4.69) is 25.3 Å². The number of benzene rings is 1. The van der Waals surface area contributed by atoms with E-state index in [1.54, 1.807) is 48.8 Å². The minimum Gasteiger partial charge on any atom is -0.438 e. The maximum absolute atomic E-state index is 12.8. The first-order chi connectivity index (χ1) is 14.5. The Kier molecular flexibility index (Phi) is 5.25. The van der Waals surface area contributed by atoms with Crippen LogP contribution in [0.3, 0.4) is 0 Å². The topological polar surface area (TPSA) is 72.8 Å². The fourth-order valence-electron chi connectivity index (χ4n) is 2.66. The van der Waals surface area contributed by atoms with Crippen LogP contribution >= 0.6 is 0 Å². The Morgan fingerprint density at radius 1 is 0.833 bits per heavy atom. The van der Waals surface area contributed by atoms with Gasteiger partial charge in [-0.3, -0.25) is 0 Å². The molecule has 30 heavy (non-hydrogen) atoms. The number of anilines is 2. The molecule has 0 fully saturated rings. The molecule has 1 N–H and O–H groups in total. The Hall–Kier alpha value is -4.01. The van der Waals surface area contributed by atoms with Gasteiger partial charge in [-0.2, -0.15) is 13.2 Å². The number of ether oxygens (including phenoxy) is 1. The summed E-state index contributed by atoms with van der Waals surface area (Å²) in [5, 5.41) is 2.85. The third-order valence-corrected chi connectivity index (χ3v) is 4.06. The predicted molar refractivity (Wildman–Crippen MR) is 104 cm³/mol. The van der Waals surface area contributed by atoms with E-state index in [0.29, 0.717) is 28.6 Å². The van der Waals surface area contributed by atoms with Crippen molar-refractivity contribution < 1.29 is 17.9 Å². The zero-order chi connectivity index (χ0) is 21.0. The van der Waals surface area contributed by atoms with Crippen LogP contribution in [0.4, 0.5) is 24.7 Å². The van der Waals surface area contributed by atoms with E-state index in [0.717, 1.165) is 18.3 Å². The third-order valence-electron chi connectivity index (χ3n) is 4.06. The lowest BCUT2D eigenvalue weighted by Crippen LogP contribution is -2.06. The summed E-state index contributed by atoms with van der Waals surface area (Å²) < 4.78 is 44.4. The summed E-state index contributed by atoms with van der Waals surface area (Å²) in [6.45, 7) is 0. The van der Waals surface area contributed by atoms with Gasteiger partial charge in [0.1, 0.15) is 17.9 Å². The summed E-state index contributed by atoms with van der Waals surface area (Å²) in [5.74, 6) is 0.970. The van der Waals surface area contributed by atoms with Gasteiger partial charge in [-0.1, -0.05) is 0 Å². The summed E-state index contributed by atoms with van der Waals surface area (Å²) >= 11 is 0. The van der Waals surface area contributed by atoms with Gasteiger partial charge in [0.2, 0.25) is 5.88 Å². The van der Waals surface area contributed by atoms with Crippen molar-refractivity contribution in [3.63, 3.8) is 0 Å². The van der Waals surface area contributed by atoms with Gasteiger partial charge in [-0.15, -0.1) is 0 Å². The number of halogens is 3. The number of hydrogen-bond donors (Lipinski definition) is 1. The van der Waals surface area contributed by atoms with Crippen molar-refractivity contribution in [3.05, 3.63) is 85.1 Å². The van der Waals surface area contributed by atoms with Crippen LogP contribution in [0, 0.1) is 0 Å². The summed E-state index contributed by atoms with van der Waals surface area (Å²) in [4.78, 5) is 16.3. The molecule has 6 nitrogen and oxygen atoms in total. The lowest BCUT2D eigenvalue weighted by Gasteiger charge is -2.11. The highest BCUT2D eigenvalue weighted by atomic mass is 19.4. The third kappa shape index (κ3) is 4.52. The smallest absolute Gasteiger partial charge is 0.416 e. The fraction of sp³-hybridized carbons (Fsp3) is 0.0476. The number of pyridine rings is 2. The van der Waals surface area contributed by atoms with Crippen LogP contribution in [0.25, 0.3) is 11.3 Å². The second-order valence-electron chi connectivity index (χ2n) is 6.13. The molecule has 4 aromatic rings. The second kappa shape index (κ2) is 8.16. The van der Waals surface area contributed by atoms with E-state index in [4.69, 9.17) is 4.74 Å². The standard InChI is InChI=1S/C21H14F3N5O/c22-21(23,24)14-7-11-26-19(12-14)29-15-3-5-16(6-4-15)30-20-17(2-1-9-27-20)18-8-10-25-13-28-18/h1-13H,(H,26,29). The molecular weight excluding hydrogens is 395 g/mol. The van der Waals surface area contributed by atoms with Gasteiger partial charge >= 0.3 is 6.18 Å². The molecule has 3 aromatic heterocycles. The van der Waals surface area contributed by atoms with Gasteiger partial charge in [0.15, 0.2) is 0 Å². The molecule has 0 saturated carbocycles. The zero-order valence-corrected chi connectivity index (χ0v) is 15.3. The van der Waals surface area contributed by atoms with Crippen molar-refractivity contribution in [2.24, 2.45) is 0 Å². The van der Waals surface area contributed by atoms with Crippen molar-refractivity contribution in [2.75, 3.05) is 5.32 Å². The highest BCUT2D eigenvalue weighted by Crippen LogP contribution is 2.32. The van der Waals surface area contributed by atoms with Crippen LogP contribution in [0.15, 0.2) is 79.5 Å². The lowest BCUT2D eigenvalue weighted by molar-refractivity contribution is -0.137. The maximum atomic E-state index is 12.8. The van der Waals surface area contributed by atoms with Crippen molar-refractivity contribution in [2.45, 2.75) is 6.18 Å². The first-order valence-corrected chi connectivity index (χ1v) is 8.79. The number of rotatable bonds is 5. The largest absolute Gasteiger partial charge is 0.438 e. The van der Waals surface area contributed by atoms with Crippen molar-refractivity contribution in [1.82, 2.24) is 19.9 Å². The molecular formula is C21H14F3N5O. The zero-order valence-electron chi connectivity index (χ0n) is 15.3.